The van der Waals surface area contributed by atoms with Gasteiger partial charge in [-0.1, -0.05) is 30.3 Å². The first kappa shape index (κ1) is 18.4. The van der Waals surface area contributed by atoms with Crippen molar-refractivity contribution in [2.75, 3.05) is 13.1 Å². The Labute approximate surface area is 160 Å². The summed E-state index contributed by atoms with van der Waals surface area (Å²) >= 11 is 0. The van der Waals surface area contributed by atoms with Crippen molar-refractivity contribution in [2.24, 2.45) is 0 Å². The molecule has 1 fully saturated rings. The van der Waals surface area contributed by atoms with Crippen LogP contribution in [0.1, 0.15) is 34.5 Å². The van der Waals surface area contributed by atoms with Crippen LogP contribution in [0.25, 0.3) is 11.0 Å². The molecule has 1 aliphatic heterocycles. The first-order valence-corrected chi connectivity index (χ1v) is 9.14. The zero-order valence-electron chi connectivity index (χ0n) is 15.1. The van der Waals surface area contributed by atoms with Crippen LogP contribution in [0.3, 0.4) is 0 Å². The number of furan rings is 1. The lowest BCUT2D eigenvalue weighted by molar-refractivity contribution is 0.0911. The Balaban J connectivity index is 1.63. The average molecular weight is 386 g/mol. The maximum Gasteiger partial charge on any atom is 0.296 e. The van der Waals surface area contributed by atoms with E-state index in [1.807, 2.05) is 30.3 Å². The fraction of sp³-hybridized carbons (Fsp3) is 0.286. The van der Waals surface area contributed by atoms with Gasteiger partial charge in [-0.15, -0.1) is 0 Å². The fourth-order valence-corrected chi connectivity index (χ4v) is 3.35. The molecule has 1 aliphatic rings. The molecule has 7 heteroatoms. The molecule has 1 unspecified atom stereocenters. The summed E-state index contributed by atoms with van der Waals surface area (Å²) < 4.78 is 38.0. The van der Waals surface area contributed by atoms with Crippen molar-refractivity contribution < 1.29 is 22.7 Å². The van der Waals surface area contributed by atoms with Gasteiger partial charge in [-0.3, -0.25) is 4.79 Å². The molecular formula is C21H20F2N2O3. The van der Waals surface area contributed by atoms with E-state index in [0.29, 0.717) is 24.3 Å². The normalized spacial score (nSPS) is 16.6. The molecule has 0 aliphatic carbocycles. The van der Waals surface area contributed by atoms with E-state index >= 15 is 0 Å². The number of rotatable bonds is 6. The number of carbonyl (C=O) groups is 1. The van der Waals surface area contributed by atoms with Crippen LogP contribution >= 0.6 is 0 Å². The summed E-state index contributed by atoms with van der Waals surface area (Å²) in [5, 5.41) is 6.27. The number of amides is 1. The number of nitrogens with one attached hydrogen (secondary N) is 2. The summed E-state index contributed by atoms with van der Waals surface area (Å²) in [4.78, 5) is 12.7. The summed E-state index contributed by atoms with van der Waals surface area (Å²) in [6, 6.07) is 14.3. The SMILES string of the molecule is O=C(NC1CCNC1)c1c(C(F)F)oc2ccc(OCc3ccccc3)cc12. The first-order chi connectivity index (χ1) is 13.6. The van der Waals surface area contributed by atoms with Gasteiger partial charge in [0.25, 0.3) is 12.3 Å². The van der Waals surface area contributed by atoms with Crippen LogP contribution in [0.5, 0.6) is 5.75 Å². The third kappa shape index (κ3) is 3.84. The number of hydrogen-bond donors (Lipinski definition) is 2. The predicted octanol–water partition coefficient (Wildman–Crippen LogP) is 4.04. The molecule has 0 spiro atoms. The third-order valence-corrected chi connectivity index (χ3v) is 4.76. The largest absolute Gasteiger partial charge is 0.489 e. The number of carbonyl (C=O) groups excluding carboxylic acids is 1. The van der Waals surface area contributed by atoms with Crippen molar-refractivity contribution in [1.29, 1.82) is 0 Å². The predicted molar refractivity (Wildman–Crippen MR) is 101 cm³/mol. The summed E-state index contributed by atoms with van der Waals surface area (Å²) in [5.74, 6) is -0.684. The van der Waals surface area contributed by atoms with Gasteiger partial charge in [0.2, 0.25) is 0 Å². The molecule has 0 saturated carbocycles. The van der Waals surface area contributed by atoms with Crippen LogP contribution in [-0.2, 0) is 6.61 Å². The Hall–Kier alpha value is -2.93. The molecule has 2 aromatic carbocycles. The molecule has 2 heterocycles. The lowest BCUT2D eigenvalue weighted by atomic mass is 10.1. The minimum Gasteiger partial charge on any atom is -0.489 e. The van der Waals surface area contributed by atoms with Gasteiger partial charge in [-0.05, 0) is 36.7 Å². The lowest BCUT2D eigenvalue weighted by Gasteiger charge is -2.11. The number of halogens is 2. The highest BCUT2D eigenvalue weighted by atomic mass is 19.3. The van der Waals surface area contributed by atoms with Crippen molar-refractivity contribution in [3.8, 4) is 5.75 Å². The van der Waals surface area contributed by atoms with Crippen molar-refractivity contribution in [3.63, 3.8) is 0 Å². The van der Waals surface area contributed by atoms with E-state index in [-0.39, 0.29) is 17.2 Å². The van der Waals surface area contributed by atoms with E-state index in [9.17, 15) is 13.6 Å². The molecule has 0 bridgehead atoms. The lowest BCUT2D eigenvalue weighted by Crippen LogP contribution is -2.36. The van der Waals surface area contributed by atoms with Gasteiger partial charge in [0, 0.05) is 18.0 Å². The van der Waals surface area contributed by atoms with E-state index in [2.05, 4.69) is 10.6 Å². The Bertz CT molecular complexity index is 966. The molecule has 4 rings (SSSR count). The van der Waals surface area contributed by atoms with Gasteiger partial charge in [-0.25, -0.2) is 8.78 Å². The van der Waals surface area contributed by atoms with Gasteiger partial charge in [-0.2, -0.15) is 0 Å². The minimum atomic E-state index is -2.89. The minimum absolute atomic E-state index is 0.0829. The van der Waals surface area contributed by atoms with Crippen LogP contribution in [0.2, 0.25) is 0 Å². The molecule has 3 aromatic rings. The van der Waals surface area contributed by atoms with Crippen molar-refractivity contribution >= 4 is 16.9 Å². The maximum atomic E-state index is 13.5. The third-order valence-electron chi connectivity index (χ3n) is 4.76. The molecule has 1 amide bonds. The topological polar surface area (TPSA) is 63.5 Å². The standard InChI is InChI=1S/C21H20F2N2O3/c22-20(23)19-18(21(26)25-14-8-9-24-11-14)16-10-15(6-7-17(16)28-19)27-12-13-4-2-1-3-5-13/h1-7,10,14,20,24H,8-9,11-12H2,(H,25,26). The van der Waals surface area contributed by atoms with Gasteiger partial charge in [0.1, 0.15) is 17.9 Å². The zero-order valence-corrected chi connectivity index (χ0v) is 15.1. The number of hydrogen-bond acceptors (Lipinski definition) is 4. The zero-order chi connectivity index (χ0) is 19.5. The summed E-state index contributed by atoms with van der Waals surface area (Å²) in [7, 11) is 0. The van der Waals surface area contributed by atoms with E-state index in [4.69, 9.17) is 9.15 Å². The van der Waals surface area contributed by atoms with E-state index in [1.54, 1.807) is 18.2 Å². The summed E-state index contributed by atoms with van der Waals surface area (Å²) in [6.07, 6.45) is -2.12. The molecule has 1 aromatic heterocycles. The molecule has 2 N–H and O–H groups in total. The number of alkyl halides is 2. The second-order valence-corrected chi connectivity index (χ2v) is 6.74. The van der Waals surface area contributed by atoms with Gasteiger partial charge < -0.3 is 19.8 Å². The van der Waals surface area contributed by atoms with Crippen LogP contribution in [0.4, 0.5) is 8.78 Å². The Kier molecular flexibility index (Phi) is 5.25. The summed E-state index contributed by atoms with van der Waals surface area (Å²) in [5.41, 5.74) is 1.09. The van der Waals surface area contributed by atoms with E-state index in [0.717, 1.165) is 18.5 Å². The number of ether oxygens (including phenoxy) is 1. The van der Waals surface area contributed by atoms with Crippen LogP contribution in [0, 0.1) is 0 Å². The average Bonchev–Trinajstić information content (AvgIpc) is 3.34. The second kappa shape index (κ2) is 7.98. The Morgan fingerprint density at radius 1 is 1.25 bits per heavy atom. The van der Waals surface area contributed by atoms with Gasteiger partial charge in [0.15, 0.2) is 5.76 Å². The number of benzene rings is 2. The molecule has 5 nitrogen and oxygen atoms in total. The quantitative estimate of drug-likeness (QED) is 0.671. The molecular weight excluding hydrogens is 366 g/mol. The van der Waals surface area contributed by atoms with Crippen LogP contribution in [0.15, 0.2) is 52.9 Å². The van der Waals surface area contributed by atoms with Crippen LogP contribution < -0.4 is 15.4 Å². The van der Waals surface area contributed by atoms with Crippen molar-refractivity contribution in [1.82, 2.24) is 10.6 Å². The Morgan fingerprint density at radius 3 is 2.79 bits per heavy atom. The molecule has 0 radical (unpaired) electrons. The highest BCUT2D eigenvalue weighted by Crippen LogP contribution is 2.35. The molecule has 28 heavy (non-hydrogen) atoms. The maximum absolute atomic E-state index is 13.5. The molecule has 1 atom stereocenters. The summed E-state index contributed by atoms with van der Waals surface area (Å²) in [6.45, 7) is 1.74. The molecule has 146 valence electrons. The molecule has 1 saturated heterocycles. The van der Waals surface area contributed by atoms with Crippen molar-refractivity contribution in [3.05, 3.63) is 65.4 Å². The highest BCUT2D eigenvalue weighted by Gasteiger charge is 2.29. The van der Waals surface area contributed by atoms with Crippen molar-refractivity contribution in [2.45, 2.75) is 25.5 Å². The number of fused-ring (bicyclic) bond motifs is 1. The fourth-order valence-electron chi connectivity index (χ4n) is 3.35. The Morgan fingerprint density at radius 2 is 2.07 bits per heavy atom. The first-order valence-electron chi connectivity index (χ1n) is 9.14. The van der Waals surface area contributed by atoms with Crippen LogP contribution in [-0.4, -0.2) is 25.0 Å². The van der Waals surface area contributed by atoms with E-state index < -0.39 is 18.1 Å². The second-order valence-electron chi connectivity index (χ2n) is 6.74. The smallest absolute Gasteiger partial charge is 0.296 e. The van der Waals surface area contributed by atoms with Gasteiger partial charge >= 0.3 is 0 Å². The highest BCUT2D eigenvalue weighted by molar-refractivity contribution is 6.07. The van der Waals surface area contributed by atoms with E-state index in [1.165, 1.54) is 0 Å². The monoisotopic (exact) mass is 386 g/mol. The van der Waals surface area contributed by atoms with Gasteiger partial charge in [0.05, 0.1) is 5.56 Å².